The summed E-state index contributed by atoms with van der Waals surface area (Å²) in [6.07, 6.45) is 0. The van der Waals surface area contributed by atoms with E-state index in [9.17, 15) is 0 Å². The standard InChI is InChI=1S/C45H33N2O/c1-30-16-29-39-38-12-6-9-15-42(38)48-44(39)43(30)45-46(2)40-13-7-8-14-41(40)47(45)37-27-25-36(26-28-37)35-23-21-34(22-24-35)33-19-17-32(18-20-33)31-10-4-3-5-11-31/h3-29H,1-2H3/q+1. The minimum Gasteiger partial charge on any atom is -0.455 e. The molecule has 3 heteroatoms. The van der Waals surface area contributed by atoms with Crippen molar-refractivity contribution in [1.82, 2.24) is 4.57 Å². The van der Waals surface area contributed by atoms with E-state index < -0.39 is 0 Å². The first-order valence-corrected chi connectivity index (χ1v) is 16.4. The molecule has 0 N–H and O–H groups in total. The fourth-order valence-corrected chi connectivity index (χ4v) is 7.16. The van der Waals surface area contributed by atoms with E-state index in [1.54, 1.807) is 0 Å². The normalized spacial score (nSPS) is 11.5. The summed E-state index contributed by atoms with van der Waals surface area (Å²) in [6, 6.07) is 58.4. The molecule has 228 valence electrons. The number of aryl methyl sites for hydroxylation is 2. The van der Waals surface area contributed by atoms with Gasteiger partial charge in [-0.2, -0.15) is 4.57 Å². The largest absolute Gasteiger partial charge is 0.455 e. The van der Waals surface area contributed by atoms with Gasteiger partial charge in [-0.25, -0.2) is 4.57 Å². The molecule has 2 aromatic heterocycles. The van der Waals surface area contributed by atoms with Gasteiger partial charge in [-0.3, -0.25) is 0 Å². The minimum atomic E-state index is 0.907. The number of para-hydroxylation sites is 3. The molecule has 0 saturated carbocycles. The van der Waals surface area contributed by atoms with Crippen molar-refractivity contribution in [2.45, 2.75) is 6.92 Å². The summed E-state index contributed by atoms with van der Waals surface area (Å²) in [6.45, 7) is 2.17. The molecule has 0 spiro atoms. The first kappa shape index (κ1) is 28.1. The van der Waals surface area contributed by atoms with Gasteiger partial charge >= 0.3 is 0 Å². The SMILES string of the molecule is Cc1ccc2c(oc3ccccc32)c1-c1n(-c2ccc(-c3ccc(-c4ccc(-c5ccccc5)cc4)cc3)cc2)c2ccccc2[n+]1C. The Bertz CT molecular complexity index is 2590. The highest BCUT2D eigenvalue weighted by Gasteiger charge is 2.30. The lowest BCUT2D eigenvalue weighted by molar-refractivity contribution is -0.633. The van der Waals surface area contributed by atoms with Crippen molar-refractivity contribution in [3.8, 4) is 50.5 Å². The van der Waals surface area contributed by atoms with Gasteiger partial charge in [-0.05, 0) is 76.2 Å². The highest BCUT2D eigenvalue weighted by atomic mass is 16.3. The molecule has 9 rings (SSSR count). The average molecular weight is 618 g/mol. The third kappa shape index (κ3) is 4.55. The highest BCUT2D eigenvalue weighted by molar-refractivity contribution is 6.09. The lowest BCUT2D eigenvalue weighted by Crippen LogP contribution is -2.30. The zero-order chi connectivity index (χ0) is 32.2. The maximum Gasteiger partial charge on any atom is 0.298 e. The van der Waals surface area contributed by atoms with Gasteiger partial charge < -0.3 is 4.42 Å². The second kappa shape index (κ2) is 11.3. The molecule has 0 aliphatic rings. The van der Waals surface area contributed by atoms with Crippen molar-refractivity contribution < 1.29 is 8.98 Å². The molecule has 0 amide bonds. The molecule has 0 fully saturated rings. The Labute approximate surface area is 279 Å². The quantitative estimate of drug-likeness (QED) is 0.176. The van der Waals surface area contributed by atoms with Gasteiger partial charge in [0.15, 0.2) is 16.6 Å². The molecule has 0 aliphatic heterocycles. The number of hydrogen-bond acceptors (Lipinski definition) is 1. The van der Waals surface area contributed by atoms with Crippen LogP contribution in [0.5, 0.6) is 0 Å². The number of rotatable bonds is 5. The van der Waals surface area contributed by atoms with Crippen LogP contribution in [0.1, 0.15) is 5.56 Å². The Balaban J connectivity index is 1.10. The molecule has 0 saturated heterocycles. The molecular weight excluding hydrogens is 585 g/mol. The van der Waals surface area contributed by atoms with Gasteiger partial charge in [0.2, 0.25) is 0 Å². The molecule has 0 radical (unpaired) electrons. The van der Waals surface area contributed by atoms with Crippen molar-refractivity contribution in [1.29, 1.82) is 0 Å². The van der Waals surface area contributed by atoms with Crippen LogP contribution >= 0.6 is 0 Å². The predicted molar refractivity (Wildman–Crippen MR) is 198 cm³/mol. The van der Waals surface area contributed by atoms with Crippen LogP contribution in [0.4, 0.5) is 0 Å². The van der Waals surface area contributed by atoms with Gasteiger partial charge in [-0.15, -0.1) is 0 Å². The molecule has 0 unspecified atom stereocenters. The predicted octanol–water partition coefficient (Wildman–Crippen LogP) is 11.3. The molecule has 48 heavy (non-hydrogen) atoms. The summed E-state index contributed by atoms with van der Waals surface area (Å²) in [5, 5.41) is 2.27. The van der Waals surface area contributed by atoms with E-state index in [0.29, 0.717) is 0 Å². The number of benzene rings is 7. The van der Waals surface area contributed by atoms with E-state index in [-0.39, 0.29) is 0 Å². The molecule has 2 heterocycles. The van der Waals surface area contributed by atoms with E-state index >= 15 is 0 Å². The Kier molecular flexibility index (Phi) is 6.58. The van der Waals surface area contributed by atoms with Crippen molar-refractivity contribution in [2.75, 3.05) is 0 Å². The Morgan fingerprint density at radius 3 is 1.65 bits per heavy atom. The van der Waals surface area contributed by atoms with Crippen LogP contribution in [-0.4, -0.2) is 4.57 Å². The maximum atomic E-state index is 6.58. The number of aromatic nitrogens is 2. The van der Waals surface area contributed by atoms with Crippen molar-refractivity contribution in [3.05, 3.63) is 169 Å². The molecule has 0 atom stereocenters. The Morgan fingerprint density at radius 1 is 0.479 bits per heavy atom. The van der Waals surface area contributed by atoms with Crippen LogP contribution < -0.4 is 4.57 Å². The molecule has 0 bridgehead atoms. The first-order valence-electron chi connectivity index (χ1n) is 16.4. The number of hydrogen-bond donors (Lipinski definition) is 0. The van der Waals surface area contributed by atoms with Crippen molar-refractivity contribution in [3.63, 3.8) is 0 Å². The molecule has 9 aromatic rings. The van der Waals surface area contributed by atoms with Crippen LogP contribution in [0.2, 0.25) is 0 Å². The summed E-state index contributed by atoms with van der Waals surface area (Å²) >= 11 is 0. The molecule has 0 aliphatic carbocycles. The topological polar surface area (TPSA) is 21.9 Å². The van der Waals surface area contributed by atoms with E-state index in [1.165, 1.54) is 38.9 Å². The number of nitrogens with zero attached hydrogens (tertiary/aromatic N) is 2. The van der Waals surface area contributed by atoms with Crippen molar-refractivity contribution >= 4 is 33.0 Å². The number of fused-ring (bicyclic) bond motifs is 4. The van der Waals surface area contributed by atoms with Crippen LogP contribution in [-0.2, 0) is 7.05 Å². The summed E-state index contributed by atoms with van der Waals surface area (Å²) in [5.74, 6) is 1.09. The lowest BCUT2D eigenvalue weighted by Gasteiger charge is -2.09. The third-order valence-electron chi connectivity index (χ3n) is 9.66. The second-order valence-corrected chi connectivity index (χ2v) is 12.5. The fraction of sp³-hybridized carbons (Fsp3) is 0.0444. The average Bonchev–Trinajstić information content (AvgIpc) is 3.67. The Morgan fingerprint density at radius 2 is 1.00 bits per heavy atom. The van der Waals surface area contributed by atoms with Gasteiger partial charge in [0.05, 0.1) is 7.05 Å². The van der Waals surface area contributed by atoms with Crippen LogP contribution in [0, 0.1) is 6.92 Å². The molecule has 3 nitrogen and oxygen atoms in total. The Hall–Kier alpha value is -6.19. The van der Waals surface area contributed by atoms with Gasteiger partial charge in [-0.1, -0.05) is 133 Å². The van der Waals surface area contributed by atoms with Gasteiger partial charge in [0.25, 0.3) is 5.82 Å². The second-order valence-electron chi connectivity index (χ2n) is 12.5. The fourth-order valence-electron chi connectivity index (χ4n) is 7.16. The van der Waals surface area contributed by atoms with Gasteiger partial charge in [0.1, 0.15) is 16.8 Å². The smallest absolute Gasteiger partial charge is 0.298 e. The first-order chi connectivity index (χ1) is 23.6. The van der Waals surface area contributed by atoms with E-state index in [4.69, 9.17) is 4.42 Å². The van der Waals surface area contributed by atoms with E-state index in [1.807, 2.05) is 6.07 Å². The summed E-state index contributed by atoms with van der Waals surface area (Å²) in [7, 11) is 2.15. The zero-order valence-electron chi connectivity index (χ0n) is 26.9. The monoisotopic (exact) mass is 617 g/mol. The van der Waals surface area contributed by atoms with Crippen LogP contribution in [0.3, 0.4) is 0 Å². The number of furan rings is 1. The minimum absolute atomic E-state index is 0.907. The van der Waals surface area contributed by atoms with Crippen LogP contribution in [0.15, 0.2) is 168 Å². The highest BCUT2D eigenvalue weighted by Crippen LogP contribution is 2.39. The molecular formula is C45H33N2O+. The lowest BCUT2D eigenvalue weighted by atomic mass is 9.98. The molecule has 7 aromatic carbocycles. The summed E-state index contributed by atoms with van der Waals surface area (Å²) < 4.78 is 11.2. The number of imidazole rings is 1. The zero-order valence-corrected chi connectivity index (χ0v) is 26.9. The van der Waals surface area contributed by atoms with E-state index in [2.05, 4.69) is 181 Å². The van der Waals surface area contributed by atoms with Gasteiger partial charge in [0, 0.05) is 10.8 Å². The maximum absolute atomic E-state index is 6.58. The summed E-state index contributed by atoms with van der Waals surface area (Å²) in [5.41, 5.74) is 14.8. The summed E-state index contributed by atoms with van der Waals surface area (Å²) in [4.78, 5) is 0. The third-order valence-corrected chi connectivity index (χ3v) is 9.66. The van der Waals surface area contributed by atoms with E-state index in [0.717, 1.165) is 50.0 Å². The van der Waals surface area contributed by atoms with Crippen LogP contribution in [0.25, 0.3) is 83.4 Å². The van der Waals surface area contributed by atoms with Crippen molar-refractivity contribution in [2.24, 2.45) is 7.05 Å².